The number of benzene rings is 3. The van der Waals surface area contributed by atoms with Crippen molar-refractivity contribution in [1.82, 2.24) is 14.9 Å². The normalized spacial score (nSPS) is 10.9. The number of imidazole rings is 1. The van der Waals surface area contributed by atoms with Gasteiger partial charge in [0.2, 0.25) is 5.91 Å². The minimum absolute atomic E-state index is 0.0307. The van der Waals surface area contributed by atoms with Gasteiger partial charge in [-0.2, -0.15) is 0 Å². The van der Waals surface area contributed by atoms with Crippen molar-refractivity contribution in [1.29, 1.82) is 0 Å². The Kier molecular flexibility index (Phi) is 4.71. The van der Waals surface area contributed by atoms with Gasteiger partial charge in [-0.3, -0.25) is 4.79 Å². The fraction of sp³-hybridized carbons (Fsp3) is 0.130. The van der Waals surface area contributed by atoms with E-state index in [-0.39, 0.29) is 12.5 Å². The van der Waals surface area contributed by atoms with Gasteiger partial charge in [-0.1, -0.05) is 66.7 Å². The third-order valence-corrected chi connectivity index (χ3v) is 4.67. The lowest BCUT2D eigenvalue weighted by Crippen LogP contribution is -2.27. The van der Waals surface area contributed by atoms with E-state index in [2.05, 4.69) is 24.4 Å². The molecule has 134 valence electrons. The van der Waals surface area contributed by atoms with Gasteiger partial charge in [0.25, 0.3) is 0 Å². The van der Waals surface area contributed by atoms with Crippen molar-refractivity contribution in [2.24, 2.45) is 0 Å². The monoisotopic (exact) mass is 355 g/mol. The molecule has 0 fully saturated rings. The Hall–Kier alpha value is -3.40. The van der Waals surface area contributed by atoms with Crippen LogP contribution in [0.15, 0.2) is 78.9 Å². The molecule has 0 saturated carbocycles. The second kappa shape index (κ2) is 7.46. The van der Waals surface area contributed by atoms with E-state index >= 15 is 0 Å². The fourth-order valence-corrected chi connectivity index (χ4v) is 3.26. The number of nitrogens with zero attached hydrogens (tertiary/aromatic N) is 2. The van der Waals surface area contributed by atoms with Crippen LogP contribution in [-0.2, 0) is 17.9 Å². The lowest BCUT2D eigenvalue weighted by molar-refractivity contribution is -0.121. The van der Waals surface area contributed by atoms with Crippen molar-refractivity contribution in [3.63, 3.8) is 0 Å². The van der Waals surface area contributed by atoms with Crippen molar-refractivity contribution < 1.29 is 4.79 Å². The minimum Gasteiger partial charge on any atom is -0.350 e. The molecule has 3 aromatic carbocycles. The first-order chi connectivity index (χ1) is 13.2. The van der Waals surface area contributed by atoms with Crippen molar-refractivity contribution >= 4 is 16.9 Å². The van der Waals surface area contributed by atoms with Gasteiger partial charge in [0.05, 0.1) is 11.0 Å². The van der Waals surface area contributed by atoms with Gasteiger partial charge in [-0.05, 0) is 30.2 Å². The molecule has 1 heterocycles. The molecule has 0 atom stereocenters. The van der Waals surface area contributed by atoms with Crippen LogP contribution in [-0.4, -0.2) is 15.5 Å². The first-order valence-electron chi connectivity index (χ1n) is 9.04. The first kappa shape index (κ1) is 17.0. The lowest BCUT2D eigenvalue weighted by Gasteiger charge is -2.11. The summed E-state index contributed by atoms with van der Waals surface area (Å²) in [6.45, 7) is 2.82. The van der Waals surface area contributed by atoms with Gasteiger partial charge in [-0.25, -0.2) is 4.98 Å². The van der Waals surface area contributed by atoms with Gasteiger partial charge >= 0.3 is 0 Å². The molecular formula is C23H21N3O. The predicted molar refractivity (Wildman–Crippen MR) is 108 cm³/mol. The summed E-state index contributed by atoms with van der Waals surface area (Å²) in [6, 6.07) is 26.0. The molecule has 1 aromatic heterocycles. The van der Waals surface area contributed by atoms with Gasteiger partial charge in [0, 0.05) is 12.1 Å². The smallest absolute Gasteiger partial charge is 0.240 e. The van der Waals surface area contributed by atoms with Gasteiger partial charge in [0.1, 0.15) is 12.4 Å². The zero-order chi connectivity index (χ0) is 18.6. The Morgan fingerprint density at radius 2 is 1.63 bits per heavy atom. The summed E-state index contributed by atoms with van der Waals surface area (Å²) in [7, 11) is 0. The highest BCUT2D eigenvalue weighted by atomic mass is 16.1. The Bertz CT molecular complexity index is 1080. The molecular weight excluding hydrogens is 334 g/mol. The number of para-hydroxylation sites is 2. The Morgan fingerprint density at radius 1 is 0.926 bits per heavy atom. The molecule has 4 rings (SSSR count). The second-order valence-electron chi connectivity index (χ2n) is 6.59. The Balaban J connectivity index is 1.65. The number of hydrogen-bond donors (Lipinski definition) is 1. The number of rotatable bonds is 5. The van der Waals surface area contributed by atoms with Crippen molar-refractivity contribution in [2.75, 3.05) is 0 Å². The number of aromatic nitrogens is 2. The predicted octanol–water partition coefficient (Wildman–Crippen LogP) is 4.33. The lowest BCUT2D eigenvalue weighted by atomic mass is 10.1. The van der Waals surface area contributed by atoms with Gasteiger partial charge in [0.15, 0.2) is 0 Å². The molecule has 0 aliphatic heterocycles. The average Bonchev–Trinajstić information content (AvgIpc) is 3.06. The van der Waals surface area contributed by atoms with E-state index in [4.69, 9.17) is 4.98 Å². The zero-order valence-corrected chi connectivity index (χ0v) is 15.2. The van der Waals surface area contributed by atoms with Crippen molar-refractivity contribution in [2.45, 2.75) is 20.0 Å². The topological polar surface area (TPSA) is 46.9 Å². The number of hydrogen-bond acceptors (Lipinski definition) is 2. The van der Waals surface area contributed by atoms with Crippen LogP contribution in [0.1, 0.15) is 11.1 Å². The summed E-state index contributed by atoms with van der Waals surface area (Å²) in [5, 5.41) is 3.01. The molecule has 0 aliphatic carbocycles. The van der Waals surface area contributed by atoms with Crippen LogP contribution in [0.2, 0.25) is 0 Å². The Morgan fingerprint density at radius 3 is 2.44 bits per heavy atom. The molecule has 4 aromatic rings. The molecule has 0 radical (unpaired) electrons. The molecule has 4 heteroatoms. The standard InChI is InChI=1S/C23H21N3O/c1-17-9-5-6-12-19(17)23-25-20-13-7-8-14-21(20)26(23)16-22(27)24-15-18-10-3-2-4-11-18/h2-14H,15-16H2,1H3,(H,24,27). The van der Waals surface area contributed by atoms with E-state index in [1.54, 1.807) is 0 Å². The number of aryl methyl sites for hydroxylation is 1. The van der Waals surface area contributed by atoms with Crippen molar-refractivity contribution in [3.05, 3.63) is 90.0 Å². The molecule has 1 amide bonds. The molecule has 0 spiro atoms. The summed E-state index contributed by atoms with van der Waals surface area (Å²) < 4.78 is 2.00. The summed E-state index contributed by atoms with van der Waals surface area (Å²) in [5.74, 6) is 0.793. The molecule has 0 aliphatic rings. The summed E-state index contributed by atoms with van der Waals surface area (Å²) in [5.41, 5.74) is 5.13. The van der Waals surface area contributed by atoms with E-state index < -0.39 is 0 Å². The van der Waals surface area contributed by atoms with Crippen LogP contribution in [0.5, 0.6) is 0 Å². The summed E-state index contributed by atoms with van der Waals surface area (Å²) >= 11 is 0. The van der Waals surface area contributed by atoms with Crippen LogP contribution >= 0.6 is 0 Å². The first-order valence-corrected chi connectivity index (χ1v) is 9.04. The van der Waals surface area contributed by atoms with E-state index in [9.17, 15) is 4.79 Å². The number of carbonyl (C=O) groups is 1. The average molecular weight is 355 g/mol. The number of amides is 1. The SMILES string of the molecule is Cc1ccccc1-c1nc2ccccc2n1CC(=O)NCc1ccccc1. The van der Waals surface area contributed by atoms with E-state index in [0.717, 1.165) is 33.5 Å². The largest absolute Gasteiger partial charge is 0.350 e. The van der Waals surface area contributed by atoms with E-state index in [1.165, 1.54) is 0 Å². The number of nitrogens with one attached hydrogen (secondary N) is 1. The van der Waals surface area contributed by atoms with E-state index in [1.807, 2.05) is 71.3 Å². The molecule has 0 saturated heterocycles. The highest BCUT2D eigenvalue weighted by Gasteiger charge is 2.16. The van der Waals surface area contributed by atoms with Crippen LogP contribution in [0.4, 0.5) is 0 Å². The fourth-order valence-electron chi connectivity index (χ4n) is 3.26. The zero-order valence-electron chi connectivity index (χ0n) is 15.2. The third kappa shape index (κ3) is 3.60. The van der Waals surface area contributed by atoms with Crippen LogP contribution in [0.25, 0.3) is 22.4 Å². The van der Waals surface area contributed by atoms with Gasteiger partial charge < -0.3 is 9.88 Å². The second-order valence-corrected chi connectivity index (χ2v) is 6.59. The van der Waals surface area contributed by atoms with E-state index in [0.29, 0.717) is 6.54 Å². The number of fused-ring (bicyclic) bond motifs is 1. The Labute approximate surface area is 158 Å². The maximum Gasteiger partial charge on any atom is 0.240 e. The summed E-state index contributed by atoms with van der Waals surface area (Å²) in [4.78, 5) is 17.4. The van der Waals surface area contributed by atoms with Crippen LogP contribution < -0.4 is 5.32 Å². The van der Waals surface area contributed by atoms with Crippen molar-refractivity contribution in [3.8, 4) is 11.4 Å². The highest BCUT2D eigenvalue weighted by Crippen LogP contribution is 2.27. The van der Waals surface area contributed by atoms with Gasteiger partial charge in [-0.15, -0.1) is 0 Å². The number of carbonyl (C=O) groups excluding carboxylic acids is 1. The quantitative estimate of drug-likeness (QED) is 0.579. The minimum atomic E-state index is -0.0307. The molecule has 1 N–H and O–H groups in total. The maximum absolute atomic E-state index is 12.6. The summed E-state index contributed by atoms with van der Waals surface area (Å²) in [6.07, 6.45) is 0. The van der Waals surface area contributed by atoms with Crippen LogP contribution in [0.3, 0.4) is 0 Å². The molecule has 4 nitrogen and oxygen atoms in total. The highest BCUT2D eigenvalue weighted by molar-refractivity contribution is 5.85. The molecule has 0 unspecified atom stereocenters. The molecule has 0 bridgehead atoms. The van der Waals surface area contributed by atoms with Crippen LogP contribution in [0, 0.1) is 6.92 Å². The molecule has 27 heavy (non-hydrogen) atoms. The maximum atomic E-state index is 12.6. The third-order valence-electron chi connectivity index (χ3n) is 4.67.